The Morgan fingerprint density at radius 2 is 1.85 bits per heavy atom. The number of hydrogen-bond donors (Lipinski definition) is 1. The highest BCUT2D eigenvalue weighted by Crippen LogP contribution is 2.32. The summed E-state index contributed by atoms with van der Waals surface area (Å²) in [7, 11) is 0. The Morgan fingerprint density at radius 3 is 2.58 bits per heavy atom. The number of rotatable bonds is 8. The summed E-state index contributed by atoms with van der Waals surface area (Å²) >= 11 is 0. The van der Waals surface area contributed by atoms with Crippen LogP contribution in [0.4, 0.5) is 0 Å². The Bertz CT molecular complexity index is 711. The molecule has 1 N–H and O–H groups in total. The highest BCUT2D eigenvalue weighted by molar-refractivity contribution is 5.99. The van der Waals surface area contributed by atoms with E-state index < -0.39 is 0 Å². The molecule has 1 heterocycles. The fraction of sp³-hybridized carbons (Fsp3) is 0.522. The fourth-order valence-electron chi connectivity index (χ4n) is 4.32. The quantitative estimate of drug-likeness (QED) is 0.535. The van der Waals surface area contributed by atoms with Gasteiger partial charge in [-0.3, -0.25) is 4.79 Å². The third-order valence-electron chi connectivity index (χ3n) is 5.67. The molecule has 1 saturated carbocycles. The lowest BCUT2D eigenvalue weighted by molar-refractivity contribution is 0.0990. The molecule has 0 unspecified atom stereocenters. The number of aryl methyl sites for hydroxylation is 2. The normalized spacial score (nSPS) is 15.3. The van der Waals surface area contributed by atoms with Crippen LogP contribution in [0.5, 0.6) is 0 Å². The molecule has 2 aromatic rings. The summed E-state index contributed by atoms with van der Waals surface area (Å²) < 4.78 is 2.42. The minimum absolute atomic E-state index is 0.222. The van der Waals surface area contributed by atoms with Crippen molar-refractivity contribution in [2.24, 2.45) is 0 Å². The largest absolute Gasteiger partial charge is 0.345 e. The Balaban J connectivity index is 1.50. The Morgan fingerprint density at radius 1 is 1.12 bits per heavy atom. The summed E-state index contributed by atoms with van der Waals surface area (Å²) in [6.07, 6.45) is 8.59. The third-order valence-corrected chi connectivity index (χ3v) is 5.67. The molecule has 3 heteroatoms. The lowest BCUT2D eigenvalue weighted by atomic mass is 9.95. The zero-order valence-electron chi connectivity index (χ0n) is 16.3. The van der Waals surface area contributed by atoms with Gasteiger partial charge in [0.1, 0.15) is 0 Å². The first-order valence-electron chi connectivity index (χ1n) is 10.1. The Kier molecular flexibility index (Phi) is 6.67. The van der Waals surface area contributed by atoms with E-state index in [1.807, 2.05) is 6.07 Å². The first-order chi connectivity index (χ1) is 12.7. The molecule has 0 amide bonds. The van der Waals surface area contributed by atoms with E-state index in [2.05, 4.69) is 54.1 Å². The van der Waals surface area contributed by atoms with E-state index in [4.69, 9.17) is 0 Å². The van der Waals surface area contributed by atoms with Gasteiger partial charge in [-0.1, -0.05) is 49.6 Å². The number of nitrogens with one attached hydrogen (secondary N) is 1. The van der Waals surface area contributed by atoms with E-state index in [1.165, 1.54) is 43.4 Å². The highest BCUT2D eigenvalue weighted by atomic mass is 16.1. The van der Waals surface area contributed by atoms with Gasteiger partial charge >= 0.3 is 0 Å². The van der Waals surface area contributed by atoms with E-state index in [0.29, 0.717) is 12.6 Å². The van der Waals surface area contributed by atoms with Gasteiger partial charge in [-0.05, 0) is 57.7 Å². The predicted molar refractivity (Wildman–Crippen MR) is 108 cm³/mol. The van der Waals surface area contributed by atoms with Crippen LogP contribution in [-0.2, 0) is 6.42 Å². The molecule has 0 saturated heterocycles. The molecule has 140 valence electrons. The zero-order chi connectivity index (χ0) is 18.4. The average molecular weight is 353 g/mol. The maximum atomic E-state index is 12.7. The van der Waals surface area contributed by atoms with Gasteiger partial charge in [0.15, 0.2) is 5.78 Å². The standard InChI is InChI=1S/C23H32N2O/c1-18-16-22(19(2)25(18)21-13-7-4-8-14-21)23(26)17-24-15-9-12-20-10-5-3-6-11-20/h3,5-6,10-11,16,21,24H,4,7-9,12-15,17H2,1-2H3. The molecular formula is C23H32N2O. The van der Waals surface area contributed by atoms with Crippen LogP contribution in [0.1, 0.15) is 71.9 Å². The molecule has 1 fully saturated rings. The average Bonchev–Trinajstić information content (AvgIpc) is 2.97. The van der Waals surface area contributed by atoms with Gasteiger partial charge in [0, 0.05) is 23.0 Å². The van der Waals surface area contributed by atoms with Gasteiger partial charge in [0.2, 0.25) is 0 Å². The third kappa shape index (κ3) is 4.64. The molecule has 0 spiro atoms. The number of carbonyl (C=O) groups excluding carboxylic acids is 1. The van der Waals surface area contributed by atoms with E-state index in [1.54, 1.807) is 0 Å². The number of hydrogen-bond acceptors (Lipinski definition) is 2. The Hall–Kier alpha value is -1.87. The maximum absolute atomic E-state index is 12.7. The summed E-state index contributed by atoms with van der Waals surface area (Å²) in [5, 5.41) is 3.33. The predicted octanol–water partition coefficient (Wildman–Crippen LogP) is 5.02. The van der Waals surface area contributed by atoms with Crippen LogP contribution < -0.4 is 5.32 Å². The van der Waals surface area contributed by atoms with Gasteiger partial charge in [0.05, 0.1) is 6.54 Å². The number of carbonyl (C=O) groups is 1. The van der Waals surface area contributed by atoms with Crippen LogP contribution in [-0.4, -0.2) is 23.4 Å². The van der Waals surface area contributed by atoms with E-state index in [0.717, 1.165) is 30.6 Å². The first-order valence-corrected chi connectivity index (χ1v) is 10.1. The fourth-order valence-corrected chi connectivity index (χ4v) is 4.32. The van der Waals surface area contributed by atoms with Crippen LogP contribution >= 0.6 is 0 Å². The molecule has 3 rings (SSSR count). The minimum atomic E-state index is 0.222. The monoisotopic (exact) mass is 352 g/mol. The van der Waals surface area contributed by atoms with Gasteiger partial charge < -0.3 is 9.88 Å². The lowest BCUT2D eigenvalue weighted by Crippen LogP contribution is -2.25. The summed E-state index contributed by atoms with van der Waals surface area (Å²) in [4.78, 5) is 12.7. The molecule has 0 atom stereocenters. The number of aromatic nitrogens is 1. The van der Waals surface area contributed by atoms with Crippen LogP contribution in [0.3, 0.4) is 0 Å². The molecule has 26 heavy (non-hydrogen) atoms. The molecule has 0 aliphatic heterocycles. The van der Waals surface area contributed by atoms with Gasteiger partial charge in [-0.2, -0.15) is 0 Å². The highest BCUT2D eigenvalue weighted by Gasteiger charge is 2.22. The van der Waals surface area contributed by atoms with Crippen molar-refractivity contribution in [3.05, 3.63) is 58.9 Å². The summed E-state index contributed by atoms with van der Waals surface area (Å²) in [6, 6.07) is 13.2. The SMILES string of the molecule is Cc1cc(C(=O)CNCCCc2ccccc2)c(C)n1C1CCCCC1. The second-order valence-electron chi connectivity index (χ2n) is 7.64. The van der Waals surface area contributed by atoms with Crippen molar-refractivity contribution in [3.8, 4) is 0 Å². The summed E-state index contributed by atoms with van der Waals surface area (Å²) in [5.74, 6) is 0.222. The van der Waals surface area contributed by atoms with Gasteiger partial charge in [-0.15, -0.1) is 0 Å². The van der Waals surface area contributed by atoms with Crippen LogP contribution in [0, 0.1) is 13.8 Å². The van der Waals surface area contributed by atoms with E-state index >= 15 is 0 Å². The van der Waals surface area contributed by atoms with Crippen molar-refractivity contribution >= 4 is 5.78 Å². The second-order valence-corrected chi connectivity index (χ2v) is 7.64. The van der Waals surface area contributed by atoms with E-state index in [9.17, 15) is 4.79 Å². The number of nitrogens with zero attached hydrogens (tertiary/aromatic N) is 1. The van der Waals surface area contributed by atoms with Crippen molar-refractivity contribution < 1.29 is 4.79 Å². The van der Waals surface area contributed by atoms with Crippen molar-refractivity contribution in [3.63, 3.8) is 0 Å². The molecule has 1 aromatic heterocycles. The maximum Gasteiger partial charge on any atom is 0.178 e. The van der Waals surface area contributed by atoms with Crippen molar-refractivity contribution in [1.82, 2.24) is 9.88 Å². The molecule has 0 bridgehead atoms. The van der Waals surface area contributed by atoms with Crippen molar-refractivity contribution in [2.45, 2.75) is 64.8 Å². The molecule has 0 radical (unpaired) electrons. The van der Waals surface area contributed by atoms with Gasteiger partial charge in [-0.25, -0.2) is 0 Å². The van der Waals surface area contributed by atoms with Crippen LogP contribution in [0.15, 0.2) is 36.4 Å². The van der Waals surface area contributed by atoms with E-state index in [-0.39, 0.29) is 5.78 Å². The topological polar surface area (TPSA) is 34.0 Å². The number of ketones is 1. The first kappa shape index (κ1) is 18.9. The van der Waals surface area contributed by atoms with Crippen LogP contribution in [0.2, 0.25) is 0 Å². The van der Waals surface area contributed by atoms with Crippen LogP contribution in [0.25, 0.3) is 0 Å². The lowest BCUT2D eigenvalue weighted by Gasteiger charge is -2.26. The van der Waals surface area contributed by atoms with Gasteiger partial charge in [0.25, 0.3) is 0 Å². The number of Topliss-reactive ketones (excluding diaryl/α,β-unsaturated/α-hetero) is 1. The molecule has 3 nitrogen and oxygen atoms in total. The smallest absolute Gasteiger partial charge is 0.178 e. The molecule has 1 aliphatic carbocycles. The summed E-state index contributed by atoms with van der Waals surface area (Å²) in [6.45, 7) is 5.57. The minimum Gasteiger partial charge on any atom is -0.345 e. The zero-order valence-corrected chi connectivity index (χ0v) is 16.3. The Labute approximate surface area is 157 Å². The van der Waals surface area contributed by atoms with Crippen molar-refractivity contribution in [2.75, 3.05) is 13.1 Å². The molecule has 1 aliphatic rings. The molecular weight excluding hydrogens is 320 g/mol. The van der Waals surface area contributed by atoms with Crippen molar-refractivity contribution in [1.29, 1.82) is 0 Å². The number of benzene rings is 1. The molecule has 1 aromatic carbocycles. The second kappa shape index (κ2) is 9.18. The summed E-state index contributed by atoms with van der Waals surface area (Å²) in [5.41, 5.74) is 4.66.